The molecule has 6 nitrogen and oxygen atoms in total. The lowest BCUT2D eigenvalue weighted by atomic mass is 9.91. The molecule has 0 heterocycles. The van der Waals surface area contributed by atoms with Crippen molar-refractivity contribution in [1.29, 1.82) is 0 Å². The predicted octanol–water partition coefficient (Wildman–Crippen LogP) is 13.7. The van der Waals surface area contributed by atoms with Gasteiger partial charge in [0, 0.05) is 11.1 Å². The minimum atomic E-state index is -0.975. The Kier molecular flexibility index (Phi) is 17.8. The molecule has 4 rings (SSSR count). The first-order chi connectivity index (χ1) is 25.4. The molecule has 4 aromatic rings. The molecule has 0 aliphatic rings. The number of hydrogen-bond acceptors (Lipinski definition) is 4. The molecule has 0 amide bonds. The highest BCUT2D eigenvalue weighted by atomic mass is 16.5. The first kappa shape index (κ1) is 40.7. The Bertz CT molecular complexity index is 1570. The summed E-state index contributed by atoms with van der Waals surface area (Å²) in [5, 5.41) is 22.8. The van der Waals surface area contributed by atoms with Crippen LogP contribution in [-0.2, 0) is 0 Å². The summed E-state index contributed by atoms with van der Waals surface area (Å²) in [5.74, 6) is -0.525. The van der Waals surface area contributed by atoms with Crippen LogP contribution in [0.5, 0.6) is 11.5 Å². The Morgan fingerprint density at radius 2 is 0.769 bits per heavy atom. The van der Waals surface area contributed by atoms with Gasteiger partial charge in [-0.05, 0) is 70.8 Å². The van der Waals surface area contributed by atoms with Gasteiger partial charge in [-0.3, -0.25) is 0 Å². The van der Waals surface area contributed by atoms with Crippen LogP contribution in [0.25, 0.3) is 32.7 Å². The number of aromatic carboxylic acids is 2. The van der Waals surface area contributed by atoms with Crippen molar-refractivity contribution in [2.45, 2.75) is 142 Å². The van der Waals surface area contributed by atoms with E-state index < -0.39 is 11.9 Å². The Balaban J connectivity index is 1.55. The number of carbonyl (C=O) groups is 2. The molecule has 0 fully saturated rings. The number of fused-ring (bicyclic) bond motifs is 2. The molecule has 0 bridgehead atoms. The fraction of sp³-hybridized carbons (Fsp3) is 0.522. The molecule has 52 heavy (non-hydrogen) atoms. The van der Waals surface area contributed by atoms with E-state index in [1.54, 1.807) is 24.3 Å². The van der Waals surface area contributed by atoms with Gasteiger partial charge in [0.05, 0.1) is 24.3 Å². The number of rotatable bonds is 27. The maximum Gasteiger partial charge on any atom is 0.335 e. The van der Waals surface area contributed by atoms with E-state index in [-0.39, 0.29) is 11.1 Å². The minimum absolute atomic E-state index is 0.221. The summed E-state index contributed by atoms with van der Waals surface area (Å²) < 4.78 is 13.1. The van der Waals surface area contributed by atoms with Gasteiger partial charge in [-0.1, -0.05) is 154 Å². The number of unbranched alkanes of at least 4 members (excludes halogenated alkanes) is 18. The fourth-order valence-corrected chi connectivity index (χ4v) is 7.19. The lowest BCUT2D eigenvalue weighted by molar-refractivity contribution is 0.0686. The summed E-state index contributed by atoms with van der Waals surface area (Å²) in [5.41, 5.74) is 2.12. The van der Waals surface area contributed by atoms with E-state index >= 15 is 0 Å². The van der Waals surface area contributed by atoms with Crippen LogP contribution in [-0.4, -0.2) is 35.4 Å². The van der Waals surface area contributed by atoms with Crippen LogP contribution < -0.4 is 9.47 Å². The van der Waals surface area contributed by atoms with Crippen LogP contribution >= 0.6 is 0 Å². The van der Waals surface area contributed by atoms with E-state index in [2.05, 4.69) is 13.8 Å². The van der Waals surface area contributed by atoms with Crippen molar-refractivity contribution in [3.8, 4) is 22.6 Å². The predicted molar refractivity (Wildman–Crippen MR) is 215 cm³/mol. The fourth-order valence-electron chi connectivity index (χ4n) is 7.19. The molecule has 2 N–H and O–H groups in total. The molecule has 6 heteroatoms. The summed E-state index contributed by atoms with van der Waals surface area (Å²) in [6, 6.07) is 18.1. The van der Waals surface area contributed by atoms with Crippen molar-refractivity contribution in [3.05, 3.63) is 71.8 Å². The average molecular weight is 711 g/mol. The number of benzene rings is 4. The summed E-state index contributed by atoms with van der Waals surface area (Å²) in [4.78, 5) is 23.8. The molecule has 282 valence electrons. The third-order valence-electron chi connectivity index (χ3n) is 10.2. The smallest absolute Gasteiger partial charge is 0.335 e. The third-order valence-corrected chi connectivity index (χ3v) is 10.2. The van der Waals surface area contributed by atoms with Gasteiger partial charge in [0.15, 0.2) is 0 Å². The molecule has 0 aliphatic carbocycles. The molecule has 0 aliphatic heterocycles. The third kappa shape index (κ3) is 12.6. The van der Waals surface area contributed by atoms with E-state index in [1.165, 1.54) is 103 Å². The molecular weight excluding hydrogens is 649 g/mol. The lowest BCUT2D eigenvalue weighted by Gasteiger charge is -2.20. The van der Waals surface area contributed by atoms with Crippen molar-refractivity contribution in [3.63, 3.8) is 0 Å². The van der Waals surface area contributed by atoms with Gasteiger partial charge in [-0.2, -0.15) is 0 Å². The Morgan fingerprint density at radius 3 is 1.10 bits per heavy atom. The molecule has 0 atom stereocenters. The van der Waals surface area contributed by atoms with Crippen LogP contribution in [0.3, 0.4) is 0 Å². The van der Waals surface area contributed by atoms with Crippen LogP contribution in [0.4, 0.5) is 0 Å². The Labute approximate surface area is 311 Å². The molecular formula is C46H62O6. The number of hydrogen-bond donors (Lipinski definition) is 2. The second-order valence-electron chi connectivity index (χ2n) is 14.4. The van der Waals surface area contributed by atoms with E-state index in [4.69, 9.17) is 9.47 Å². The van der Waals surface area contributed by atoms with E-state index in [1.807, 2.05) is 36.4 Å². The van der Waals surface area contributed by atoms with Gasteiger partial charge < -0.3 is 19.7 Å². The molecule has 0 saturated heterocycles. The highest BCUT2D eigenvalue weighted by Crippen LogP contribution is 2.46. The maximum atomic E-state index is 11.9. The van der Waals surface area contributed by atoms with Gasteiger partial charge in [0.2, 0.25) is 0 Å². The number of ether oxygens (including phenoxy) is 2. The highest BCUT2D eigenvalue weighted by Gasteiger charge is 2.21. The first-order valence-corrected chi connectivity index (χ1v) is 20.3. The second kappa shape index (κ2) is 22.8. The normalized spacial score (nSPS) is 11.3. The SMILES string of the molecule is CCCCCCCCCCCCOc1ccc2cc(C(=O)O)ccc2c1-c1c(OCCCCCCCCCCCC)ccc2cc(C(=O)O)ccc12. The van der Waals surface area contributed by atoms with Gasteiger partial charge >= 0.3 is 11.9 Å². The second-order valence-corrected chi connectivity index (χ2v) is 14.4. The lowest BCUT2D eigenvalue weighted by Crippen LogP contribution is -2.03. The molecule has 0 saturated carbocycles. The number of carboxylic acids is 2. The van der Waals surface area contributed by atoms with Crippen LogP contribution in [0.2, 0.25) is 0 Å². The van der Waals surface area contributed by atoms with E-state index in [0.717, 1.165) is 58.4 Å². The highest BCUT2D eigenvalue weighted by molar-refractivity contribution is 6.11. The molecule has 0 aromatic heterocycles. The number of carboxylic acid groups (broad SMARTS) is 2. The Morgan fingerprint density at radius 1 is 0.442 bits per heavy atom. The summed E-state index contributed by atoms with van der Waals surface area (Å²) >= 11 is 0. The van der Waals surface area contributed by atoms with Crippen molar-refractivity contribution < 1.29 is 29.3 Å². The van der Waals surface area contributed by atoms with Crippen LogP contribution in [0.15, 0.2) is 60.7 Å². The van der Waals surface area contributed by atoms with Gasteiger partial charge in [0.1, 0.15) is 11.5 Å². The largest absolute Gasteiger partial charge is 0.493 e. The van der Waals surface area contributed by atoms with Crippen molar-refractivity contribution in [1.82, 2.24) is 0 Å². The van der Waals surface area contributed by atoms with E-state index in [9.17, 15) is 19.8 Å². The Hall–Kier alpha value is -4.06. The van der Waals surface area contributed by atoms with Gasteiger partial charge in [0.25, 0.3) is 0 Å². The standard InChI is InChI=1S/C46H62O6/c1-3-5-7-9-11-13-15-17-19-21-31-51-41-29-25-35-33-37(45(47)48)23-27-39(35)43(41)44-40-28-24-38(46(49)50)34-36(40)26-30-42(44)52-32-22-20-18-16-14-12-10-8-6-4-2/h23-30,33-34H,3-22,31-32H2,1-2H3,(H,47,48)(H,49,50). The van der Waals surface area contributed by atoms with E-state index in [0.29, 0.717) is 24.7 Å². The van der Waals surface area contributed by atoms with Gasteiger partial charge in [-0.15, -0.1) is 0 Å². The molecule has 4 aromatic carbocycles. The van der Waals surface area contributed by atoms with Crippen molar-refractivity contribution in [2.24, 2.45) is 0 Å². The summed E-state index contributed by atoms with van der Waals surface area (Å²) in [6.07, 6.45) is 24.9. The topological polar surface area (TPSA) is 93.1 Å². The maximum absolute atomic E-state index is 11.9. The van der Waals surface area contributed by atoms with Crippen molar-refractivity contribution in [2.75, 3.05) is 13.2 Å². The molecule has 0 radical (unpaired) electrons. The first-order valence-electron chi connectivity index (χ1n) is 20.3. The monoisotopic (exact) mass is 710 g/mol. The zero-order valence-electron chi connectivity index (χ0n) is 31.9. The molecule has 0 unspecified atom stereocenters. The summed E-state index contributed by atoms with van der Waals surface area (Å²) in [6.45, 7) is 5.66. The van der Waals surface area contributed by atoms with Crippen LogP contribution in [0, 0.1) is 0 Å². The quantitative estimate of drug-likeness (QED) is 0.0598. The van der Waals surface area contributed by atoms with Crippen molar-refractivity contribution >= 4 is 33.5 Å². The summed E-state index contributed by atoms with van der Waals surface area (Å²) in [7, 11) is 0. The average Bonchev–Trinajstić information content (AvgIpc) is 3.15. The zero-order chi connectivity index (χ0) is 37.0. The van der Waals surface area contributed by atoms with Crippen LogP contribution in [0.1, 0.15) is 163 Å². The zero-order valence-corrected chi connectivity index (χ0v) is 31.9. The molecule has 0 spiro atoms. The van der Waals surface area contributed by atoms with Gasteiger partial charge in [-0.25, -0.2) is 9.59 Å². The minimum Gasteiger partial charge on any atom is -0.493 e.